The minimum Gasteiger partial charge on any atom is -0.489 e. The summed E-state index contributed by atoms with van der Waals surface area (Å²) in [5.41, 5.74) is 6.35. The minimum absolute atomic E-state index is 0.170. The van der Waals surface area contributed by atoms with Gasteiger partial charge in [-0.25, -0.2) is 4.39 Å². The third kappa shape index (κ3) is 3.95. The maximum Gasteiger partial charge on any atom is 0.241 e. The van der Waals surface area contributed by atoms with E-state index in [4.69, 9.17) is 10.5 Å². The maximum absolute atomic E-state index is 13.4. The smallest absolute Gasteiger partial charge is 0.241 e. The quantitative estimate of drug-likeness (QED) is 0.850. The van der Waals surface area contributed by atoms with E-state index in [0.717, 1.165) is 5.56 Å². The lowest BCUT2D eigenvalue weighted by atomic mass is 10.2. The van der Waals surface area contributed by atoms with Gasteiger partial charge in [-0.1, -0.05) is 30.3 Å². The van der Waals surface area contributed by atoms with E-state index in [2.05, 4.69) is 0 Å². The van der Waals surface area contributed by atoms with Crippen molar-refractivity contribution in [1.29, 1.82) is 0 Å². The first-order chi connectivity index (χ1) is 9.65. The molecule has 0 heterocycles. The Morgan fingerprint density at radius 1 is 1.15 bits per heavy atom. The van der Waals surface area contributed by atoms with Gasteiger partial charge in [0.05, 0.1) is 0 Å². The SMILES string of the molecule is NC(=O)/C=C\c1ccc(OCc2ccccc2F)cc1. The van der Waals surface area contributed by atoms with Crippen molar-refractivity contribution in [3.63, 3.8) is 0 Å². The molecule has 0 aromatic heterocycles. The molecule has 0 atom stereocenters. The standard InChI is InChI=1S/C16H14FNO2/c17-15-4-2-1-3-13(15)11-20-14-8-5-12(6-9-14)7-10-16(18)19/h1-10H,11H2,(H2,18,19)/b10-7-. The van der Waals surface area contributed by atoms with E-state index >= 15 is 0 Å². The zero-order valence-corrected chi connectivity index (χ0v) is 10.8. The number of carbonyl (C=O) groups excluding carboxylic acids is 1. The van der Waals surface area contributed by atoms with Gasteiger partial charge >= 0.3 is 0 Å². The number of benzene rings is 2. The predicted octanol–water partition coefficient (Wildman–Crippen LogP) is 2.90. The minimum atomic E-state index is -0.495. The van der Waals surface area contributed by atoms with Crippen molar-refractivity contribution in [1.82, 2.24) is 0 Å². The highest BCUT2D eigenvalue weighted by Crippen LogP contribution is 2.16. The van der Waals surface area contributed by atoms with Crippen LogP contribution in [0, 0.1) is 5.82 Å². The Kier molecular flexibility index (Phi) is 4.50. The molecule has 0 aliphatic heterocycles. The number of carbonyl (C=O) groups is 1. The second-order valence-electron chi connectivity index (χ2n) is 4.18. The van der Waals surface area contributed by atoms with Crippen LogP contribution in [-0.2, 0) is 11.4 Å². The van der Waals surface area contributed by atoms with Gasteiger partial charge in [0.1, 0.15) is 18.2 Å². The number of hydrogen-bond donors (Lipinski definition) is 1. The Balaban J connectivity index is 1.97. The van der Waals surface area contributed by atoms with Crippen molar-refractivity contribution in [2.24, 2.45) is 5.73 Å². The van der Waals surface area contributed by atoms with Crippen molar-refractivity contribution in [2.45, 2.75) is 6.61 Å². The molecule has 0 fully saturated rings. The molecule has 3 nitrogen and oxygen atoms in total. The van der Waals surface area contributed by atoms with E-state index in [0.29, 0.717) is 11.3 Å². The Bertz CT molecular complexity index is 621. The van der Waals surface area contributed by atoms with Gasteiger partial charge in [-0.15, -0.1) is 0 Å². The highest BCUT2D eigenvalue weighted by atomic mass is 19.1. The summed E-state index contributed by atoms with van der Waals surface area (Å²) in [5, 5.41) is 0. The number of rotatable bonds is 5. The fourth-order valence-electron chi connectivity index (χ4n) is 1.63. The summed E-state index contributed by atoms with van der Waals surface area (Å²) in [6, 6.07) is 13.6. The van der Waals surface area contributed by atoms with Crippen LogP contribution in [0.2, 0.25) is 0 Å². The molecule has 0 aliphatic carbocycles. The van der Waals surface area contributed by atoms with Crippen LogP contribution in [-0.4, -0.2) is 5.91 Å². The summed E-state index contributed by atoms with van der Waals surface area (Å²) < 4.78 is 18.9. The van der Waals surface area contributed by atoms with Crippen LogP contribution in [0.4, 0.5) is 4.39 Å². The van der Waals surface area contributed by atoms with Crippen LogP contribution in [0.5, 0.6) is 5.75 Å². The van der Waals surface area contributed by atoms with E-state index in [1.165, 1.54) is 12.1 Å². The molecule has 2 aromatic carbocycles. The number of amides is 1. The van der Waals surface area contributed by atoms with E-state index in [9.17, 15) is 9.18 Å². The summed E-state index contributed by atoms with van der Waals surface area (Å²) in [6.45, 7) is 0.170. The van der Waals surface area contributed by atoms with Crippen molar-refractivity contribution in [3.8, 4) is 5.75 Å². The molecule has 2 rings (SSSR count). The van der Waals surface area contributed by atoms with E-state index in [1.807, 2.05) is 0 Å². The second kappa shape index (κ2) is 6.52. The Labute approximate surface area is 116 Å². The van der Waals surface area contributed by atoms with Gasteiger partial charge in [-0.2, -0.15) is 0 Å². The van der Waals surface area contributed by atoms with Gasteiger partial charge in [0.2, 0.25) is 5.91 Å². The summed E-state index contributed by atoms with van der Waals surface area (Å²) in [6.07, 6.45) is 2.90. The van der Waals surface area contributed by atoms with Crippen molar-refractivity contribution < 1.29 is 13.9 Å². The fraction of sp³-hybridized carbons (Fsp3) is 0.0625. The predicted molar refractivity (Wildman–Crippen MR) is 75.4 cm³/mol. The van der Waals surface area contributed by atoms with Crippen molar-refractivity contribution >= 4 is 12.0 Å². The number of ether oxygens (including phenoxy) is 1. The summed E-state index contributed by atoms with van der Waals surface area (Å²) >= 11 is 0. The lowest BCUT2D eigenvalue weighted by molar-refractivity contribution is -0.113. The molecule has 0 unspecified atom stereocenters. The fourth-order valence-corrected chi connectivity index (χ4v) is 1.63. The Hall–Kier alpha value is -2.62. The van der Waals surface area contributed by atoms with Crippen molar-refractivity contribution in [3.05, 3.63) is 71.6 Å². The Morgan fingerprint density at radius 2 is 1.85 bits per heavy atom. The molecule has 4 heteroatoms. The summed E-state index contributed by atoms with van der Waals surface area (Å²) in [4.78, 5) is 10.6. The maximum atomic E-state index is 13.4. The summed E-state index contributed by atoms with van der Waals surface area (Å²) in [7, 11) is 0. The van der Waals surface area contributed by atoms with Crippen LogP contribution in [0.1, 0.15) is 11.1 Å². The van der Waals surface area contributed by atoms with Gasteiger partial charge in [0.25, 0.3) is 0 Å². The molecule has 1 amide bonds. The number of hydrogen-bond acceptors (Lipinski definition) is 2. The first kappa shape index (κ1) is 13.8. The zero-order chi connectivity index (χ0) is 14.4. The average molecular weight is 271 g/mol. The summed E-state index contributed by atoms with van der Waals surface area (Å²) in [5.74, 6) is -0.150. The number of halogens is 1. The zero-order valence-electron chi connectivity index (χ0n) is 10.8. The van der Waals surface area contributed by atoms with Crippen LogP contribution in [0.3, 0.4) is 0 Å². The third-order valence-corrected chi connectivity index (χ3v) is 2.67. The average Bonchev–Trinajstić information content (AvgIpc) is 2.45. The molecule has 0 aliphatic rings. The van der Waals surface area contributed by atoms with Gasteiger partial charge < -0.3 is 10.5 Å². The van der Waals surface area contributed by atoms with Crippen LogP contribution in [0.25, 0.3) is 6.08 Å². The van der Waals surface area contributed by atoms with Crippen LogP contribution in [0.15, 0.2) is 54.6 Å². The molecule has 20 heavy (non-hydrogen) atoms. The molecule has 0 spiro atoms. The molecular weight excluding hydrogens is 257 g/mol. The Morgan fingerprint density at radius 3 is 2.50 bits per heavy atom. The molecule has 0 radical (unpaired) electrons. The normalized spacial score (nSPS) is 10.7. The molecule has 2 N–H and O–H groups in total. The largest absolute Gasteiger partial charge is 0.489 e. The number of primary amides is 1. The van der Waals surface area contributed by atoms with Gasteiger partial charge in [0, 0.05) is 11.6 Å². The van der Waals surface area contributed by atoms with Gasteiger partial charge in [-0.05, 0) is 29.8 Å². The molecule has 0 bridgehead atoms. The van der Waals surface area contributed by atoms with E-state index < -0.39 is 5.91 Å². The molecule has 102 valence electrons. The van der Waals surface area contributed by atoms with Gasteiger partial charge in [0.15, 0.2) is 0 Å². The molecule has 0 saturated heterocycles. The monoisotopic (exact) mass is 271 g/mol. The van der Waals surface area contributed by atoms with E-state index in [-0.39, 0.29) is 12.4 Å². The first-order valence-corrected chi connectivity index (χ1v) is 6.09. The van der Waals surface area contributed by atoms with Crippen molar-refractivity contribution in [2.75, 3.05) is 0 Å². The van der Waals surface area contributed by atoms with Crippen LogP contribution < -0.4 is 10.5 Å². The lowest BCUT2D eigenvalue weighted by Gasteiger charge is -2.07. The van der Waals surface area contributed by atoms with Crippen LogP contribution >= 0.6 is 0 Å². The molecule has 2 aromatic rings. The first-order valence-electron chi connectivity index (χ1n) is 6.09. The highest BCUT2D eigenvalue weighted by molar-refractivity contribution is 5.90. The van der Waals surface area contributed by atoms with Gasteiger partial charge in [-0.3, -0.25) is 4.79 Å². The second-order valence-corrected chi connectivity index (χ2v) is 4.18. The lowest BCUT2D eigenvalue weighted by Crippen LogP contribution is -2.05. The van der Waals surface area contributed by atoms with E-state index in [1.54, 1.807) is 48.5 Å². The molecule has 0 saturated carbocycles. The number of nitrogens with two attached hydrogens (primary N) is 1. The third-order valence-electron chi connectivity index (χ3n) is 2.67. The topological polar surface area (TPSA) is 52.3 Å². The highest BCUT2D eigenvalue weighted by Gasteiger charge is 2.01. The molecular formula is C16H14FNO2.